The summed E-state index contributed by atoms with van der Waals surface area (Å²) < 4.78 is 2.68. The van der Waals surface area contributed by atoms with Crippen LogP contribution >= 0.6 is 11.3 Å². The van der Waals surface area contributed by atoms with E-state index >= 15 is 0 Å². The van der Waals surface area contributed by atoms with Gasteiger partial charge < -0.3 is 4.90 Å². The summed E-state index contributed by atoms with van der Waals surface area (Å²) in [5, 5.41) is 5.22. The van der Waals surface area contributed by atoms with E-state index in [1.807, 2.05) is 11.3 Å². The van der Waals surface area contributed by atoms with E-state index in [0.717, 1.165) is 5.69 Å². The zero-order valence-corrected chi connectivity index (χ0v) is 26.1. The summed E-state index contributed by atoms with van der Waals surface area (Å²) in [4.78, 5) is 2.45. The van der Waals surface area contributed by atoms with Crippen LogP contribution in [0.4, 0.5) is 17.1 Å². The summed E-state index contributed by atoms with van der Waals surface area (Å²) in [5.74, 6) is 0. The molecule has 2 heteroatoms. The second-order valence-corrected chi connectivity index (χ2v) is 13.6. The maximum atomic E-state index is 2.45. The predicted octanol–water partition coefficient (Wildman–Crippen LogP) is 12.7. The number of thiophene rings is 1. The Balaban J connectivity index is 1.27. The van der Waals surface area contributed by atoms with Gasteiger partial charge in [-0.25, -0.2) is 0 Å². The monoisotopic (exact) mass is 593 g/mol. The summed E-state index contributed by atoms with van der Waals surface area (Å²) >= 11 is 1.89. The average Bonchev–Trinajstić information content (AvgIpc) is 3.58. The van der Waals surface area contributed by atoms with Crippen molar-refractivity contribution in [2.45, 2.75) is 19.3 Å². The van der Waals surface area contributed by atoms with Crippen LogP contribution in [0.2, 0.25) is 0 Å². The fourth-order valence-electron chi connectivity index (χ4n) is 7.41. The molecule has 8 aromatic rings. The highest BCUT2D eigenvalue weighted by atomic mass is 32.1. The van der Waals surface area contributed by atoms with E-state index in [4.69, 9.17) is 0 Å². The van der Waals surface area contributed by atoms with E-state index in [2.05, 4.69) is 170 Å². The molecule has 7 aromatic carbocycles. The highest BCUT2D eigenvalue weighted by Gasteiger charge is 2.35. The zero-order valence-electron chi connectivity index (χ0n) is 25.3. The Morgan fingerprint density at radius 2 is 1.11 bits per heavy atom. The summed E-state index contributed by atoms with van der Waals surface area (Å²) in [6.45, 7) is 4.72. The molecular formula is C43H31NS. The van der Waals surface area contributed by atoms with Crippen LogP contribution in [0, 0.1) is 0 Å². The number of anilines is 3. The minimum absolute atomic E-state index is 0.0766. The number of fused-ring (bicyclic) bond motifs is 8. The van der Waals surface area contributed by atoms with E-state index in [-0.39, 0.29) is 5.41 Å². The summed E-state index contributed by atoms with van der Waals surface area (Å²) in [6, 6.07) is 55.8. The molecule has 0 atom stereocenters. The highest BCUT2D eigenvalue weighted by molar-refractivity contribution is 7.26. The van der Waals surface area contributed by atoms with Gasteiger partial charge in [-0.1, -0.05) is 129 Å². The first-order chi connectivity index (χ1) is 22.1. The molecule has 1 nitrogen and oxygen atoms in total. The van der Waals surface area contributed by atoms with Crippen LogP contribution in [0.15, 0.2) is 152 Å². The van der Waals surface area contributed by atoms with Crippen molar-refractivity contribution in [1.82, 2.24) is 0 Å². The van der Waals surface area contributed by atoms with Crippen molar-refractivity contribution in [3.63, 3.8) is 0 Å². The second-order valence-electron chi connectivity index (χ2n) is 12.6. The summed E-state index contributed by atoms with van der Waals surface area (Å²) in [6.07, 6.45) is 0. The molecule has 0 aliphatic heterocycles. The highest BCUT2D eigenvalue weighted by Crippen LogP contribution is 2.51. The Morgan fingerprint density at radius 3 is 1.98 bits per heavy atom. The third kappa shape index (κ3) is 3.99. The van der Waals surface area contributed by atoms with Crippen molar-refractivity contribution in [3.8, 4) is 22.3 Å². The van der Waals surface area contributed by atoms with Gasteiger partial charge in [0.15, 0.2) is 0 Å². The fraction of sp³-hybridized carbons (Fsp3) is 0.0698. The first-order valence-electron chi connectivity index (χ1n) is 15.6. The largest absolute Gasteiger partial charge is 0.310 e. The molecule has 1 aliphatic rings. The van der Waals surface area contributed by atoms with Gasteiger partial charge in [0.05, 0.1) is 5.69 Å². The Kier molecular flexibility index (Phi) is 5.78. The van der Waals surface area contributed by atoms with Gasteiger partial charge in [0, 0.05) is 47.7 Å². The Bertz CT molecular complexity index is 2400. The molecule has 45 heavy (non-hydrogen) atoms. The number of hydrogen-bond acceptors (Lipinski definition) is 2. The third-order valence-corrected chi connectivity index (χ3v) is 10.9. The minimum Gasteiger partial charge on any atom is -0.310 e. The Hall–Kier alpha value is -5.18. The SMILES string of the molecule is CC1(C)c2ccccc2-c2ccc(N(c3ccc(-c4ccccc4)cc3)c3cccc4c3ccc3c5ccccc5sc43)cc21. The average molecular weight is 594 g/mol. The van der Waals surface area contributed by atoms with Gasteiger partial charge >= 0.3 is 0 Å². The van der Waals surface area contributed by atoms with Crippen LogP contribution in [-0.4, -0.2) is 0 Å². The predicted molar refractivity (Wildman–Crippen MR) is 195 cm³/mol. The molecule has 0 radical (unpaired) electrons. The van der Waals surface area contributed by atoms with Gasteiger partial charge in [-0.3, -0.25) is 0 Å². The van der Waals surface area contributed by atoms with Crippen molar-refractivity contribution in [1.29, 1.82) is 0 Å². The number of hydrogen-bond donors (Lipinski definition) is 0. The molecule has 0 N–H and O–H groups in total. The maximum Gasteiger partial charge on any atom is 0.0540 e. The van der Waals surface area contributed by atoms with E-state index in [9.17, 15) is 0 Å². The molecule has 1 aliphatic carbocycles. The first-order valence-corrected chi connectivity index (χ1v) is 16.4. The molecule has 0 fully saturated rings. The van der Waals surface area contributed by atoms with Crippen LogP contribution in [0.3, 0.4) is 0 Å². The standard InChI is InChI=1S/C43H31NS/c1-43(2)38-16-8-6-13-32(38)33-24-23-31(27-39(33)43)44(30-21-19-29(20-22-30)28-11-4-3-5-12-28)40-17-10-15-36-34(40)25-26-37-35-14-7-9-18-41(35)45-42(36)37/h3-27H,1-2H3. The van der Waals surface area contributed by atoms with E-state index in [1.165, 1.54) is 75.7 Å². The van der Waals surface area contributed by atoms with Gasteiger partial charge in [0.1, 0.15) is 0 Å². The van der Waals surface area contributed by atoms with Crippen LogP contribution in [0.5, 0.6) is 0 Å². The van der Waals surface area contributed by atoms with Gasteiger partial charge in [0.2, 0.25) is 0 Å². The second kappa shape index (κ2) is 9.92. The van der Waals surface area contributed by atoms with Crippen LogP contribution in [0.25, 0.3) is 53.2 Å². The lowest BCUT2D eigenvalue weighted by molar-refractivity contribution is 0.660. The lowest BCUT2D eigenvalue weighted by Gasteiger charge is -2.29. The van der Waals surface area contributed by atoms with Gasteiger partial charge in [0.25, 0.3) is 0 Å². The van der Waals surface area contributed by atoms with E-state index in [0.29, 0.717) is 0 Å². The molecule has 1 aromatic heterocycles. The first kappa shape index (κ1) is 26.2. The van der Waals surface area contributed by atoms with Gasteiger partial charge in [-0.15, -0.1) is 11.3 Å². The molecule has 0 saturated carbocycles. The third-order valence-electron chi connectivity index (χ3n) is 9.68. The molecule has 0 spiro atoms. The van der Waals surface area contributed by atoms with Gasteiger partial charge in [-0.05, 0) is 69.8 Å². The van der Waals surface area contributed by atoms with Crippen molar-refractivity contribution in [2.24, 2.45) is 0 Å². The fourth-order valence-corrected chi connectivity index (χ4v) is 8.64. The summed E-state index contributed by atoms with van der Waals surface area (Å²) in [5.41, 5.74) is 11.3. The molecule has 0 saturated heterocycles. The Labute approximate surface area is 267 Å². The molecule has 0 bridgehead atoms. The van der Waals surface area contributed by atoms with Crippen LogP contribution in [-0.2, 0) is 5.41 Å². The summed E-state index contributed by atoms with van der Waals surface area (Å²) in [7, 11) is 0. The van der Waals surface area contributed by atoms with Crippen molar-refractivity contribution < 1.29 is 0 Å². The molecule has 1 heterocycles. The number of benzene rings is 7. The van der Waals surface area contributed by atoms with Crippen molar-refractivity contribution in [3.05, 3.63) is 163 Å². The van der Waals surface area contributed by atoms with E-state index in [1.54, 1.807) is 0 Å². The number of rotatable bonds is 4. The lowest BCUT2D eigenvalue weighted by Crippen LogP contribution is -2.16. The molecule has 0 unspecified atom stereocenters. The van der Waals surface area contributed by atoms with Crippen molar-refractivity contribution in [2.75, 3.05) is 4.90 Å². The maximum absolute atomic E-state index is 2.45. The molecule has 214 valence electrons. The van der Waals surface area contributed by atoms with E-state index < -0.39 is 0 Å². The topological polar surface area (TPSA) is 3.24 Å². The Morgan fingerprint density at radius 1 is 0.467 bits per heavy atom. The van der Waals surface area contributed by atoms with Crippen LogP contribution in [0.1, 0.15) is 25.0 Å². The zero-order chi connectivity index (χ0) is 30.1. The molecule has 9 rings (SSSR count). The van der Waals surface area contributed by atoms with Gasteiger partial charge in [-0.2, -0.15) is 0 Å². The minimum atomic E-state index is -0.0766. The molecule has 0 amide bonds. The quantitative estimate of drug-likeness (QED) is 0.196. The smallest absolute Gasteiger partial charge is 0.0540 e. The van der Waals surface area contributed by atoms with Crippen LogP contribution < -0.4 is 4.90 Å². The normalized spacial score (nSPS) is 13.3. The molecular weight excluding hydrogens is 563 g/mol. The lowest BCUT2D eigenvalue weighted by atomic mass is 9.82. The van der Waals surface area contributed by atoms with Crippen molar-refractivity contribution >= 4 is 59.3 Å². The number of nitrogens with zero attached hydrogens (tertiary/aromatic N) is 1.